The normalized spacial score (nSPS) is 14.7. The molecule has 0 saturated carbocycles. The summed E-state index contributed by atoms with van der Waals surface area (Å²) in [7, 11) is 0. The number of hydrogen-bond acceptors (Lipinski definition) is 3. The molecule has 1 heterocycles. The van der Waals surface area contributed by atoms with Gasteiger partial charge >= 0.3 is 0 Å². The van der Waals surface area contributed by atoms with Crippen molar-refractivity contribution in [2.75, 3.05) is 0 Å². The fourth-order valence-electron chi connectivity index (χ4n) is 3.75. The van der Waals surface area contributed by atoms with E-state index >= 15 is 0 Å². The highest BCUT2D eigenvalue weighted by atomic mass is 35.5. The maximum Gasteiger partial charge on any atom is 0.272 e. The third-order valence-electron chi connectivity index (χ3n) is 4.99. The van der Waals surface area contributed by atoms with Crippen LogP contribution in [0.3, 0.4) is 0 Å². The predicted octanol–water partition coefficient (Wildman–Crippen LogP) is 5.26. The Balaban J connectivity index is 1.95. The van der Waals surface area contributed by atoms with Crippen LogP contribution in [0.2, 0.25) is 5.02 Å². The summed E-state index contributed by atoms with van der Waals surface area (Å²) in [5.41, 5.74) is 5.51. The minimum atomic E-state index is -0.629. The van der Waals surface area contributed by atoms with Gasteiger partial charge in [0.15, 0.2) is 0 Å². The summed E-state index contributed by atoms with van der Waals surface area (Å²) in [6, 6.07) is 9.01. The minimum absolute atomic E-state index is 0.259. The van der Waals surface area contributed by atoms with Gasteiger partial charge in [-0.2, -0.15) is 0 Å². The summed E-state index contributed by atoms with van der Waals surface area (Å²) in [6.45, 7) is 13.4. The number of aryl methyl sites for hydroxylation is 2. The van der Waals surface area contributed by atoms with Gasteiger partial charge in [-0.25, -0.2) is 5.01 Å². The molecule has 0 aliphatic carbocycles. The molecule has 0 saturated heterocycles. The molecule has 0 spiro atoms. The third-order valence-corrected chi connectivity index (χ3v) is 5.29. The first-order valence-electron chi connectivity index (χ1n) is 10.0. The lowest BCUT2D eigenvalue weighted by Gasteiger charge is -2.35. The fourth-order valence-corrected chi connectivity index (χ4v) is 3.96. The first-order valence-corrected chi connectivity index (χ1v) is 10.4. The lowest BCUT2D eigenvalue weighted by molar-refractivity contribution is 0.0358. The van der Waals surface area contributed by atoms with E-state index in [1.807, 2.05) is 66.7 Å². The maximum atomic E-state index is 13.3. The maximum absolute atomic E-state index is 13.3. The zero-order valence-corrected chi connectivity index (χ0v) is 19.4. The lowest BCUT2D eigenvalue weighted by Crippen LogP contribution is -2.56. The molecule has 1 N–H and O–H groups in total. The van der Waals surface area contributed by atoms with Crippen molar-refractivity contribution in [3.63, 3.8) is 0 Å². The number of hydrazine groups is 1. The highest BCUT2D eigenvalue weighted by molar-refractivity contribution is 6.32. The Hall–Kier alpha value is -2.53. The molecule has 5 nitrogen and oxygen atoms in total. The zero-order valence-electron chi connectivity index (χ0n) is 18.6. The SMILES string of the molecule is Cc1cc(C)cc(C(=O)N(NC(=O)c2ccc(Cl)c3c2CC(C)(C)O3)C(C)(C)C)c1. The molecule has 160 valence electrons. The zero-order chi connectivity index (χ0) is 22.4. The van der Waals surface area contributed by atoms with Crippen LogP contribution in [-0.2, 0) is 6.42 Å². The summed E-state index contributed by atoms with van der Waals surface area (Å²) in [6.07, 6.45) is 0.562. The standard InChI is InChI=1S/C24H29ClN2O3/c1-14-10-15(2)12-16(11-14)22(29)27(23(3,4)5)26-21(28)17-8-9-19(25)20-18(17)13-24(6,7)30-20/h8-12H,13H2,1-7H3,(H,26,28). The van der Waals surface area contributed by atoms with Crippen molar-refractivity contribution in [3.8, 4) is 5.75 Å². The molecule has 0 unspecified atom stereocenters. The van der Waals surface area contributed by atoms with Crippen LogP contribution in [0.1, 0.15) is 72.0 Å². The summed E-state index contributed by atoms with van der Waals surface area (Å²) < 4.78 is 5.94. The first kappa shape index (κ1) is 22.2. The second-order valence-electron chi connectivity index (χ2n) is 9.57. The number of hydrogen-bond donors (Lipinski definition) is 1. The van der Waals surface area contributed by atoms with Gasteiger partial charge in [-0.15, -0.1) is 0 Å². The Morgan fingerprint density at radius 1 is 1.10 bits per heavy atom. The van der Waals surface area contributed by atoms with Crippen LogP contribution in [0.25, 0.3) is 0 Å². The van der Waals surface area contributed by atoms with Gasteiger partial charge in [-0.05, 0) is 72.7 Å². The third kappa shape index (κ3) is 4.46. The van der Waals surface area contributed by atoms with Crippen molar-refractivity contribution < 1.29 is 14.3 Å². The van der Waals surface area contributed by atoms with Crippen LogP contribution >= 0.6 is 11.6 Å². The lowest BCUT2D eigenvalue weighted by atomic mass is 9.97. The first-order chi connectivity index (χ1) is 13.8. The Morgan fingerprint density at radius 2 is 1.70 bits per heavy atom. The molecule has 2 aromatic rings. The summed E-state index contributed by atoms with van der Waals surface area (Å²) >= 11 is 6.29. The number of ether oxygens (including phenoxy) is 1. The number of rotatable bonds is 2. The largest absolute Gasteiger partial charge is 0.486 e. The molecular formula is C24H29ClN2O3. The van der Waals surface area contributed by atoms with Crippen LogP contribution < -0.4 is 10.2 Å². The molecule has 6 heteroatoms. The highest BCUT2D eigenvalue weighted by Crippen LogP contribution is 2.42. The monoisotopic (exact) mass is 428 g/mol. The molecule has 2 aromatic carbocycles. The van der Waals surface area contributed by atoms with Gasteiger partial charge in [0.25, 0.3) is 11.8 Å². The van der Waals surface area contributed by atoms with E-state index in [1.165, 1.54) is 5.01 Å². The van der Waals surface area contributed by atoms with E-state index in [9.17, 15) is 9.59 Å². The second kappa shape index (κ2) is 7.62. The molecular weight excluding hydrogens is 400 g/mol. The van der Waals surface area contributed by atoms with E-state index in [1.54, 1.807) is 12.1 Å². The number of carbonyl (C=O) groups excluding carboxylic acids is 2. The van der Waals surface area contributed by atoms with E-state index < -0.39 is 11.1 Å². The van der Waals surface area contributed by atoms with Crippen molar-refractivity contribution in [2.45, 2.75) is 66.0 Å². The van der Waals surface area contributed by atoms with Gasteiger partial charge in [-0.3, -0.25) is 15.0 Å². The van der Waals surface area contributed by atoms with E-state index in [0.29, 0.717) is 28.3 Å². The number of nitrogens with one attached hydrogen (secondary N) is 1. The molecule has 0 radical (unpaired) electrons. The van der Waals surface area contributed by atoms with Crippen LogP contribution in [-0.4, -0.2) is 28.0 Å². The molecule has 0 aromatic heterocycles. The van der Waals surface area contributed by atoms with E-state index in [2.05, 4.69) is 5.43 Å². The average molecular weight is 429 g/mol. The van der Waals surface area contributed by atoms with Gasteiger partial charge in [0.2, 0.25) is 0 Å². The van der Waals surface area contributed by atoms with E-state index in [4.69, 9.17) is 16.3 Å². The van der Waals surface area contributed by atoms with Gasteiger partial charge in [-0.1, -0.05) is 28.8 Å². The number of carbonyl (C=O) groups is 2. The van der Waals surface area contributed by atoms with Crippen molar-refractivity contribution in [3.05, 3.63) is 63.2 Å². The number of nitrogens with zero attached hydrogens (tertiary/aromatic N) is 1. The Kier molecular flexibility index (Phi) is 5.63. The Morgan fingerprint density at radius 3 is 2.27 bits per heavy atom. The molecule has 0 bridgehead atoms. The average Bonchev–Trinajstić information content (AvgIpc) is 2.93. The summed E-state index contributed by atoms with van der Waals surface area (Å²) in [5.74, 6) is -0.0843. The predicted molar refractivity (Wildman–Crippen MR) is 119 cm³/mol. The van der Waals surface area contributed by atoms with Crippen molar-refractivity contribution in [1.29, 1.82) is 0 Å². The van der Waals surface area contributed by atoms with Crippen molar-refractivity contribution >= 4 is 23.4 Å². The Bertz CT molecular complexity index is 1000. The molecule has 0 atom stereocenters. The van der Waals surface area contributed by atoms with Crippen molar-refractivity contribution in [1.82, 2.24) is 10.4 Å². The highest BCUT2D eigenvalue weighted by Gasteiger charge is 2.36. The molecule has 2 amide bonds. The van der Waals surface area contributed by atoms with Crippen LogP contribution in [0, 0.1) is 13.8 Å². The van der Waals surface area contributed by atoms with Gasteiger partial charge in [0, 0.05) is 23.1 Å². The smallest absolute Gasteiger partial charge is 0.272 e. The summed E-state index contributed by atoms with van der Waals surface area (Å²) in [5, 5.41) is 1.87. The van der Waals surface area contributed by atoms with Crippen LogP contribution in [0.5, 0.6) is 5.75 Å². The molecule has 1 aliphatic heterocycles. The number of halogens is 1. The molecule has 30 heavy (non-hydrogen) atoms. The minimum Gasteiger partial charge on any atom is -0.486 e. The van der Waals surface area contributed by atoms with Gasteiger partial charge < -0.3 is 4.74 Å². The van der Waals surface area contributed by atoms with Gasteiger partial charge in [0.1, 0.15) is 11.4 Å². The summed E-state index contributed by atoms with van der Waals surface area (Å²) in [4.78, 5) is 26.6. The fraction of sp³-hybridized carbons (Fsp3) is 0.417. The number of fused-ring (bicyclic) bond motifs is 1. The number of benzene rings is 2. The molecule has 0 fully saturated rings. The second-order valence-corrected chi connectivity index (χ2v) is 9.98. The van der Waals surface area contributed by atoms with E-state index in [-0.39, 0.29) is 11.8 Å². The van der Waals surface area contributed by atoms with Crippen LogP contribution in [0.15, 0.2) is 30.3 Å². The van der Waals surface area contributed by atoms with Gasteiger partial charge in [0.05, 0.1) is 10.6 Å². The molecule has 3 rings (SSSR count). The van der Waals surface area contributed by atoms with Crippen molar-refractivity contribution in [2.24, 2.45) is 0 Å². The Labute approximate surface area is 183 Å². The number of amides is 2. The van der Waals surface area contributed by atoms with Crippen LogP contribution in [0.4, 0.5) is 0 Å². The quantitative estimate of drug-likeness (QED) is 0.664. The topological polar surface area (TPSA) is 58.6 Å². The molecule has 1 aliphatic rings. The van der Waals surface area contributed by atoms with E-state index in [0.717, 1.165) is 16.7 Å².